The van der Waals surface area contributed by atoms with Crippen LogP contribution in [0.1, 0.15) is 22.7 Å². The summed E-state index contributed by atoms with van der Waals surface area (Å²) in [5.74, 6) is 0. The summed E-state index contributed by atoms with van der Waals surface area (Å²) in [5, 5.41) is 1.13. The van der Waals surface area contributed by atoms with Crippen LogP contribution in [0.4, 0.5) is 0 Å². The van der Waals surface area contributed by atoms with Crippen LogP contribution < -0.4 is 0 Å². The zero-order chi connectivity index (χ0) is 7.90. The topological polar surface area (TPSA) is 22.1 Å². The molecule has 0 bridgehead atoms. The minimum atomic E-state index is 0.0614. The summed E-state index contributed by atoms with van der Waals surface area (Å²) in [5.41, 5.74) is 0.0614. The Morgan fingerprint density at radius 2 is 2.36 bits per heavy atom. The fraction of sp³-hybridized carbons (Fsp3) is 0.625. The molecule has 0 atom stereocenters. The van der Waals surface area contributed by atoms with E-state index < -0.39 is 0 Å². The first-order chi connectivity index (χ1) is 5.27. The third kappa shape index (κ3) is 1.08. The molecule has 1 aromatic rings. The molecular weight excluding hydrogens is 158 g/mol. The first-order valence-electron chi connectivity index (χ1n) is 3.75. The largest absolute Gasteiger partial charge is 0.373 e. The van der Waals surface area contributed by atoms with Crippen LogP contribution in [-0.4, -0.2) is 12.1 Å². The van der Waals surface area contributed by atoms with E-state index in [-0.39, 0.29) is 5.60 Å². The summed E-state index contributed by atoms with van der Waals surface area (Å²) in [6.45, 7) is 2.03. The van der Waals surface area contributed by atoms with Crippen molar-refractivity contribution in [3.8, 4) is 0 Å². The molecule has 2 nitrogen and oxygen atoms in total. The number of hydrogen-bond acceptors (Lipinski definition) is 3. The summed E-state index contributed by atoms with van der Waals surface area (Å²) in [7, 11) is 1.78. The van der Waals surface area contributed by atoms with Crippen molar-refractivity contribution < 1.29 is 4.74 Å². The summed E-state index contributed by atoms with van der Waals surface area (Å²) in [6.07, 6.45) is 4.26. The molecule has 1 saturated carbocycles. The van der Waals surface area contributed by atoms with Gasteiger partial charge in [0, 0.05) is 13.3 Å². The lowest BCUT2D eigenvalue weighted by Gasteiger charge is -2.08. The molecule has 1 heterocycles. The Labute approximate surface area is 70.2 Å². The molecule has 0 aromatic carbocycles. The van der Waals surface area contributed by atoms with Crippen molar-refractivity contribution in [2.75, 3.05) is 7.11 Å². The lowest BCUT2D eigenvalue weighted by atomic mass is 10.3. The van der Waals surface area contributed by atoms with Crippen molar-refractivity contribution in [1.82, 2.24) is 4.98 Å². The lowest BCUT2D eigenvalue weighted by Crippen LogP contribution is -2.05. The Morgan fingerprint density at radius 1 is 1.64 bits per heavy atom. The van der Waals surface area contributed by atoms with Crippen LogP contribution in [0, 0.1) is 6.92 Å². The highest BCUT2D eigenvalue weighted by atomic mass is 32.1. The highest BCUT2D eigenvalue weighted by Crippen LogP contribution is 2.50. The van der Waals surface area contributed by atoms with Crippen molar-refractivity contribution in [3.63, 3.8) is 0 Å². The molecule has 11 heavy (non-hydrogen) atoms. The van der Waals surface area contributed by atoms with Gasteiger partial charge in [0.2, 0.25) is 0 Å². The van der Waals surface area contributed by atoms with E-state index in [2.05, 4.69) is 4.98 Å². The number of rotatable bonds is 2. The van der Waals surface area contributed by atoms with E-state index in [4.69, 9.17) is 4.74 Å². The van der Waals surface area contributed by atoms with E-state index in [0.717, 1.165) is 17.8 Å². The van der Waals surface area contributed by atoms with Crippen molar-refractivity contribution in [3.05, 3.63) is 16.1 Å². The lowest BCUT2D eigenvalue weighted by molar-refractivity contribution is 0.0818. The predicted molar refractivity (Wildman–Crippen MR) is 44.8 cm³/mol. The van der Waals surface area contributed by atoms with Gasteiger partial charge in [-0.25, -0.2) is 4.98 Å². The molecule has 1 aliphatic rings. The predicted octanol–water partition coefficient (Wildman–Crippen LogP) is 2.09. The molecule has 0 saturated heterocycles. The Morgan fingerprint density at radius 3 is 2.73 bits per heavy atom. The standard InChI is InChI=1S/C8H11NOS/c1-6-9-5-7(11-6)8(10-2)3-4-8/h5H,3-4H2,1-2H3. The fourth-order valence-electron chi connectivity index (χ4n) is 1.24. The summed E-state index contributed by atoms with van der Waals surface area (Å²) < 4.78 is 5.42. The minimum Gasteiger partial charge on any atom is -0.373 e. The molecule has 0 radical (unpaired) electrons. The maximum atomic E-state index is 5.42. The first-order valence-corrected chi connectivity index (χ1v) is 4.56. The Kier molecular flexibility index (Phi) is 1.51. The van der Waals surface area contributed by atoms with E-state index in [1.807, 2.05) is 13.1 Å². The molecular formula is C8H11NOS. The van der Waals surface area contributed by atoms with E-state index in [9.17, 15) is 0 Å². The number of ether oxygens (including phenoxy) is 1. The molecule has 0 spiro atoms. The molecule has 3 heteroatoms. The van der Waals surface area contributed by atoms with Crippen molar-refractivity contribution >= 4 is 11.3 Å². The van der Waals surface area contributed by atoms with Gasteiger partial charge in [0.15, 0.2) is 0 Å². The van der Waals surface area contributed by atoms with Crippen molar-refractivity contribution in [2.45, 2.75) is 25.4 Å². The van der Waals surface area contributed by atoms with Gasteiger partial charge in [-0.1, -0.05) is 0 Å². The molecule has 0 unspecified atom stereocenters. The number of aromatic nitrogens is 1. The van der Waals surface area contributed by atoms with Gasteiger partial charge in [0.25, 0.3) is 0 Å². The average Bonchev–Trinajstić information content (AvgIpc) is 2.70. The highest BCUT2D eigenvalue weighted by Gasteiger charge is 2.46. The number of hydrogen-bond donors (Lipinski definition) is 0. The van der Waals surface area contributed by atoms with Crippen LogP contribution in [0.15, 0.2) is 6.20 Å². The van der Waals surface area contributed by atoms with Crippen LogP contribution in [-0.2, 0) is 10.3 Å². The maximum absolute atomic E-state index is 5.42. The minimum absolute atomic E-state index is 0.0614. The zero-order valence-electron chi connectivity index (χ0n) is 6.76. The second-order valence-electron chi connectivity index (χ2n) is 2.94. The number of aryl methyl sites for hydroxylation is 1. The van der Waals surface area contributed by atoms with Gasteiger partial charge < -0.3 is 4.74 Å². The van der Waals surface area contributed by atoms with Gasteiger partial charge in [-0.3, -0.25) is 0 Å². The second kappa shape index (κ2) is 2.29. The third-order valence-corrected chi connectivity index (χ3v) is 3.26. The van der Waals surface area contributed by atoms with Crippen LogP contribution in [0.25, 0.3) is 0 Å². The van der Waals surface area contributed by atoms with Crippen LogP contribution >= 0.6 is 11.3 Å². The monoisotopic (exact) mass is 169 g/mol. The summed E-state index contributed by atoms with van der Waals surface area (Å²) >= 11 is 1.75. The molecule has 0 aliphatic heterocycles. The molecule has 1 fully saturated rings. The van der Waals surface area contributed by atoms with Gasteiger partial charge in [-0.05, 0) is 19.8 Å². The number of methoxy groups -OCH3 is 1. The van der Waals surface area contributed by atoms with Gasteiger partial charge >= 0.3 is 0 Å². The number of thiazole rings is 1. The van der Waals surface area contributed by atoms with Crippen LogP contribution in [0.3, 0.4) is 0 Å². The summed E-state index contributed by atoms with van der Waals surface area (Å²) in [4.78, 5) is 5.50. The molecule has 0 N–H and O–H groups in total. The highest BCUT2D eigenvalue weighted by molar-refractivity contribution is 7.11. The molecule has 1 aliphatic carbocycles. The van der Waals surface area contributed by atoms with Gasteiger partial charge in [-0.15, -0.1) is 11.3 Å². The Bertz CT molecular complexity index is 265. The van der Waals surface area contributed by atoms with E-state index in [0.29, 0.717) is 0 Å². The summed E-state index contributed by atoms with van der Waals surface area (Å²) in [6, 6.07) is 0. The Hall–Kier alpha value is -0.410. The first kappa shape index (κ1) is 7.25. The van der Waals surface area contributed by atoms with Crippen LogP contribution in [0.2, 0.25) is 0 Å². The molecule has 60 valence electrons. The average molecular weight is 169 g/mol. The van der Waals surface area contributed by atoms with Gasteiger partial charge in [0.1, 0.15) is 5.60 Å². The molecule has 2 rings (SSSR count). The van der Waals surface area contributed by atoms with Gasteiger partial charge in [0.05, 0.1) is 9.88 Å². The fourth-order valence-corrected chi connectivity index (χ4v) is 2.24. The quantitative estimate of drug-likeness (QED) is 0.676. The SMILES string of the molecule is COC1(c2cnc(C)s2)CC1. The third-order valence-electron chi connectivity index (χ3n) is 2.17. The normalized spacial score (nSPS) is 20.2. The van der Waals surface area contributed by atoms with Crippen LogP contribution in [0.5, 0.6) is 0 Å². The molecule has 0 amide bonds. The maximum Gasteiger partial charge on any atom is 0.104 e. The zero-order valence-corrected chi connectivity index (χ0v) is 7.57. The van der Waals surface area contributed by atoms with E-state index >= 15 is 0 Å². The molecule has 1 aromatic heterocycles. The van der Waals surface area contributed by atoms with E-state index in [1.54, 1.807) is 18.4 Å². The smallest absolute Gasteiger partial charge is 0.104 e. The second-order valence-corrected chi connectivity index (χ2v) is 4.18. The van der Waals surface area contributed by atoms with Crippen molar-refractivity contribution in [1.29, 1.82) is 0 Å². The van der Waals surface area contributed by atoms with Crippen molar-refractivity contribution in [2.24, 2.45) is 0 Å². The number of nitrogens with zero attached hydrogens (tertiary/aromatic N) is 1. The van der Waals surface area contributed by atoms with E-state index in [1.165, 1.54) is 4.88 Å². The Balaban J connectivity index is 2.29. The van der Waals surface area contributed by atoms with Gasteiger partial charge in [-0.2, -0.15) is 0 Å².